The molecule has 0 amide bonds. The van der Waals surface area contributed by atoms with Crippen LogP contribution in [0.4, 0.5) is 0 Å². The van der Waals surface area contributed by atoms with E-state index in [0.29, 0.717) is 0 Å². The molecule has 0 aliphatic heterocycles. The molecular weight excluding hydrogens is 739 g/mol. The minimum atomic E-state index is -0.0762. The Morgan fingerprint density at radius 1 is 0.557 bits per heavy atom. The van der Waals surface area contributed by atoms with Gasteiger partial charge in [0, 0.05) is 44.3 Å². The molecule has 61 heavy (non-hydrogen) atoms. The maximum atomic E-state index is 6.74. The molecule has 2 nitrogen and oxygen atoms in total. The van der Waals surface area contributed by atoms with Crippen LogP contribution in [0.15, 0.2) is 199 Å². The molecule has 0 saturated carbocycles. The Bertz CT molecular complexity index is 3540. The second kappa shape index (κ2) is 13.8. The van der Waals surface area contributed by atoms with Crippen molar-refractivity contribution in [2.45, 2.75) is 32.1 Å². The Hall–Kier alpha value is -7.42. The number of para-hydroxylation sites is 2. The van der Waals surface area contributed by atoms with Crippen LogP contribution in [0.2, 0.25) is 0 Å². The highest BCUT2D eigenvalue weighted by Crippen LogP contribution is 2.50. The van der Waals surface area contributed by atoms with Gasteiger partial charge in [0.2, 0.25) is 0 Å². The Labute approximate surface area is 355 Å². The van der Waals surface area contributed by atoms with Gasteiger partial charge in [0.25, 0.3) is 0 Å². The van der Waals surface area contributed by atoms with Crippen LogP contribution in [0.3, 0.4) is 0 Å². The van der Waals surface area contributed by atoms with Gasteiger partial charge in [-0.3, -0.25) is 0 Å². The molecule has 0 N–H and O–H groups in total. The molecular formula is C59H43NO. The fraction of sp³-hybridized carbons (Fsp3) is 0.0847. The van der Waals surface area contributed by atoms with Crippen molar-refractivity contribution in [1.82, 2.24) is 4.57 Å². The van der Waals surface area contributed by atoms with Gasteiger partial charge in [-0.25, -0.2) is 0 Å². The second-order valence-electron chi connectivity index (χ2n) is 17.2. The summed E-state index contributed by atoms with van der Waals surface area (Å²) in [5.41, 5.74) is 18.3. The predicted octanol–water partition coefficient (Wildman–Crippen LogP) is 16.0. The Morgan fingerprint density at radius 3 is 2.15 bits per heavy atom. The van der Waals surface area contributed by atoms with Crippen molar-refractivity contribution in [1.29, 1.82) is 0 Å². The summed E-state index contributed by atoms with van der Waals surface area (Å²) in [5.74, 6) is 0. The molecule has 1 aliphatic rings. The van der Waals surface area contributed by atoms with Crippen LogP contribution in [-0.2, 0) is 11.8 Å². The van der Waals surface area contributed by atoms with Gasteiger partial charge in [-0.1, -0.05) is 184 Å². The van der Waals surface area contributed by atoms with E-state index in [1.54, 1.807) is 0 Å². The van der Waals surface area contributed by atoms with Gasteiger partial charge in [-0.2, -0.15) is 0 Å². The number of benzene rings is 9. The van der Waals surface area contributed by atoms with Crippen LogP contribution in [0.1, 0.15) is 48.1 Å². The molecule has 12 rings (SSSR count). The lowest BCUT2D eigenvalue weighted by Crippen LogP contribution is -2.15. The van der Waals surface area contributed by atoms with E-state index in [9.17, 15) is 0 Å². The van der Waals surface area contributed by atoms with Crippen molar-refractivity contribution >= 4 is 66.2 Å². The average molecular weight is 782 g/mol. The molecule has 9 aromatic carbocycles. The number of aryl methyl sites for hydroxylation is 1. The average Bonchev–Trinajstić information content (AvgIpc) is 3.92. The molecule has 1 aliphatic carbocycles. The fourth-order valence-corrected chi connectivity index (χ4v) is 10.4. The Balaban J connectivity index is 1.09. The summed E-state index contributed by atoms with van der Waals surface area (Å²) in [7, 11) is 0. The van der Waals surface area contributed by atoms with Crippen molar-refractivity contribution in [3.8, 4) is 27.9 Å². The summed E-state index contributed by atoms with van der Waals surface area (Å²) < 4.78 is 9.26. The van der Waals surface area contributed by atoms with Crippen molar-refractivity contribution in [3.05, 3.63) is 222 Å². The molecule has 0 fully saturated rings. The van der Waals surface area contributed by atoms with Gasteiger partial charge < -0.3 is 8.98 Å². The van der Waals surface area contributed by atoms with Crippen LogP contribution in [0.25, 0.3) is 94.1 Å². The lowest BCUT2D eigenvalue weighted by Gasteiger charge is -2.22. The number of hydrogen-bond donors (Lipinski definition) is 0. The van der Waals surface area contributed by atoms with Crippen molar-refractivity contribution in [2.75, 3.05) is 0 Å². The predicted molar refractivity (Wildman–Crippen MR) is 258 cm³/mol. The number of furan rings is 1. The summed E-state index contributed by atoms with van der Waals surface area (Å²) in [6, 6.07) is 71.1. The maximum absolute atomic E-state index is 6.74. The molecule has 0 spiro atoms. The van der Waals surface area contributed by atoms with Crippen LogP contribution in [-0.4, -0.2) is 4.57 Å². The highest BCUT2D eigenvalue weighted by atomic mass is 16.3. The second-order valence-corrected chi connectivity index (χ2v) is 17.2. The normalized spacial score (nSPS) is 13.4. The summed E-state index contributed by atoms with van der Waals surface area (Å²) in [4.78, 5) is 0. The largest absolute Gasteiger partial charge is 0.456 e. The SMILES string of the molecule is CC1(C)c2ccccc2-c2ccc(/C(=C\c3ccccc3)CCc3cccc4c5c(-c6ccccc6)c6c(cc5n(-c5ccc7ccccc7c5)c34)oc3ccccc36)cc21. The number of aromatic nitrogens is 1. The van der Waals surface area contributed by atoms with E-state index in [1.807, 2.05) is 0 Å². The highest BCUT2D eigenvalue weighted by Gasteiger charge is 2.35. The third-order valence-corrected chi connectivity index (χ3v) is 13.3. The highest BCUT2D eigenvalue weighted by molar-refractivity contribution is 6.27. The van der Waals surface area contributed by atoms with E-state index in [-0.39, 0.29) is 5.41 Å². The summed E-state index contributed by atoms with van der Waals surface area (Å²) in [6.07, 6.45) is 4.14. The van der Waals surface area contributed by atoms with Crippen LogP contribution in [0.5, 0.6) is 0 Å². The van der Waals surface area contributed by atoms with Gasteiger partial charge in [0.1, 0.15) is 11.2 Å². The molecule has 0 radical (unpaired) electrons. The van der Waals surface area contributed by atoms with E-state index in [0.717, 1.165) is 46.0 Å². The summed E-state index contributed by atoms with van der Waals surface area (Å²) >= 11 is 0. The van der Waals surface area contributed by atoms with Crippen LogP contribution in [0, 0.1) is 0 Å². The van der Waals surface area contributed by atoms with Gasteiger partial charge in [0.05, 0.1) is 11.0 Å². The Morgan fingerprint density at radius 2 is 1.28 bits per heavy atom. The zero-order chi connectivity index (χ0) is 40.7. The zero-order valence-electron chi connectivity index (χ0n) is 34.3. The number of allylic oxidation sites excluding steroid dienone is 1. The van der Waals surface area contributed by atoms with Gasteiger partial charge >= 0.3 is 0 Å². The minimum absolute atomic E-state index is 0.0762. The minimum Gasteiger partial charge on any atom is -0.456 e. The molecule has 2 heteroatoms. The topological polar surface area (TPSA) is 18.1 Å². The molecule has 0 atom stereocenters. The van der Waals surface area contributed by atoms with Gasteiger partial charge in [-0.05, 0) is 98.0 Å². The first kappa shape index (κ1) is 35.5. The first-order chi connectivity index (χ1) is 30.0. The monoisotopic (exact) mass is 781 g/mol. The lowest BCUT2D eigenvalue weighted by molar-refractivity contribution is 0.660. The summed E-state index contributed by atoms with van der Waals surface area (Å²) in [6.45, 7) is 4.75. The van der Waals surface area contributed by atoms with E-state index in [1.165, 1.54) is 82.7 Å². The number of rotatable bonds is 7. The molecule has 2 heterocycles. The van der Waals surface area contributed by atoms with Crippen molar-refractivity contribution in [3.63, 3.8) is 0 Å². The van der Waals surface area contributed by atoms with Crippen LogP contribution < -0.4 is 0 Å². The molecule has 11 aromatic rings. The molecule has 2 aromatic heterocycles. The quantitative estimate of drug-likeness (QED) is 0.147. The smallest absolute Gasteiger partial charge is 0.138 e. The third-order valence-electron chi connectivity index (χ3n) is 13.3. The van der Waals surface area contributed by atoms with Crippen molar-refractivity contribution in [2.24, 2.45) is 0 Å². The fourth-order valence-electron chi connectivity index (χ4n) is 10.4. The first-order valence-corrected chi connectivity index (χ1v) is 21.5. The number of fused-ring (bicyclic) bond motifs is 10. The number of hydrogen-bond acceptors (Lipinski definition) is 1. The van der Waals surface area contributed by atoms with Crippen LogP contribution >= 0.6 is 0 Å². The Kier molecular flexibility index (Phi) is 8.05. The molecule has 0 bridgehead atoms. The maximum Gasteiger partial charge on any atom is 0.138 e. The number of nitrogens with zero attached hydrogens (tertiary/aromatic N) is 1. The third kappa shape index (κ3) is 5.63. The van der Waals surface area contributed by atoms with Crippen molar-refractivity contribution < 1.29 is 4.42 Å². The zero-order valence-corrected chi connectivity index (χ0v) is 34.3. The lowest BCUT2D eigenvalue weighted by atomic mass is 9.81. The summed E-state index contributed by atoms with van der Waals surface area (Å²) in [5, 5.41) is 7.24. The van der Waals surface area contributed by atoms with E-state index in [2.05, 4.69) is 219 Å². The molecule has 290 valence electrons. The van der Waals surface area contributed by atoms with Gasteiger partial charge in [-0.15, -0.1) is 0 Å². The van der Waals surface area contributed by atoms with E-state index in [4.69, 9.17) is 4.42 Å². The van der Waals surface area contributed by atoms with E-state index < -0.39 is 0 Å². The first-order valence-electron chi connectivity index (χ1n) is 21.5. The van der Waals surface area contributed by atoms with Gasteiger partial charge in [0.15, 0.2) is 0 Å². The molecule has 0 unspecified atom stereocenters. The standard InChI is InChI=1S/C59H43NO/c1-59(2)50-26-13-11-23-46(50)47-33-31-44(36-51(47)59)43(34-38-16-5-3-6-17-38)29-28-41-22-15-25-49-56-52(60(58(41)49)45-32-30-39-18-9-10-21-42(39)35-45)37-54-57(48-24-12-14-27-53(48)61-54)55(56)40-19-7-4-8-20-40/h3-27,30-37H,28-29H2,1-2H3/b43-34-. The van der Waals surface area contributed by atoms with E-state index >= 15 is 0 Å². The molecule has 0 saturated heterocycles.